The van der Waals surface area contributed by atoms with Crippen molar-refractivity contribution in [1.82, 2.24) is 9.78 Å². The van der Waals surface area contributed by atoms with Crippen LogP contribution in [0.15, 0.2) is 47.4 Å². The molecule has 0 unspecified atom stereocenters. The van der Waals surface area contributed by atoms with Crippen LogP contribution in [0, 0.1) is 0 Å². The van der Waals surface area contributed by atoms with Crippen molar-refractivity contribution in [1.29, 1.82) is 0 Å². The fourth-order valence-electron chi connectivity index (χ4n) is 1.95. The van der Waals surface area contributed by atoms with Crippen molar-refractivity contribution in [3.63, 3.8) is 0 Å². The highest BCUT2D eigenvalue weighted by Gasteiger charge is 2.21. The molecule has 1 saturated carbocycles. The summed E-state index contributed by atoms with van der Waals surface area (Å²) in [5.41, 5.74) is 1.12. The molecule has 0 aliphatic heterocycles. The van der Waals surface area contributed by atoms with E-state index in [9.17, 15) is 9.59 Å². The Morgan fingerprint density at radius 3 is 2.67 bits per heavy atom. The van der Waals surface area contributed by atoms with Crippen LogP contribution in [0.1, 0.15) is 12.8 Å². The third-order valence-corrected chi connectivity index (χ3v) is 3.17. The molecule has 1 aromatic carbocycles. The molecule has 1 aliphatic carbocycles. The summed E-state index contributed by atoms with van der Waals surface area (Å²) in [4.78, 5) is 23.8. The Kier molecular flexibility index (Phi) is 3.68. The Morgan fingerprint density at radius 1 is 1.24 bits per heavy atom. The first-order valence-electron chi connectivity index (χ1n) is 6.89. The average molecular weight is 284 g/mol. The van der Waals surface area contributed by atoms with E-state index in [4.69, 9.17) is 0 Å². The smallest absolute Gasteiger partial charge is 0.269 e. The molecule has 0 radical (unpaired) electrons. The van der Waals surface area contributed by atoms with Gasteiger partial charge in [0.05, 0.1) is 11.9 Å². The van der Waals surface area contributed by atoms with Crippen molar-refractivity contribution in [2.45, 2.75) is 25.4 Å². The summed E-state index contributed by atoms with van der Waals surface area (Å²) in [5.74, 6) is -0.279. The fourth-order valence-corrected chi connectivity index (χ4v) is 1.95. The number of nitrogens with zero attached hydrogens (tertiary/aromatic N) is 2. The van der Waals surface area contributed by atoms with E-state index in [1.807, 2.05) is 18.2 Å². The van der Waals surface area contributed by atoms with Crippen LogP contribution in [-0.2, 0) is 11.3 Å². The standard InChI is InChI=1S/C15H16N4O2/c20-14(18-11-4-2-1-3-5-11)10-19-15(21)8-13(9-16-19)17-12-6-7-12/h1-5,8-9,12,17H,6-7,10H2,(H,18,20). The van der Waals surface area contributed by atoms with E-state index in [2.05, 4.69) is 15.7 Å². The van der Waals surface area contributed by atoms with E-state index in [0.717, 1.165) is 17.5 Å². The molecule has 1 amide bonds. The maximum Gasteiger partial charge on any atom is 0.269 e. The number of anilines is 2. The highest BCUT2D eigenvalue weighted by molar-refractivity contribution is 5.90. The zero-order chi connectivity index (χ0) is 14.7. The number of hydrogen-bond acceptors (Lipinski definition) is 4. The summed E-state index contributed by atoms with van der Waals surface area (Å²) < 4.78 is 1.15. The fraction of sp³-hybridized carbons (Fsp3) is 0.267. The first kappa shape index (κ1) is 13.4. The molecule has 1 aliphatic rings. The lowest BCUT2D eigenvalue weighted by Crippen LogP contribution is -2.29. The van der Waals surface area contributed by atoms with Gasteiger partial charge >= 0.3 is 0 Å². The van der Waals surface area contributed by atoms with Gasteiger partial charge in [0.2, 0.25) is 5.91 Å². The van der Waals surface area contributed by atoms with E-state index < -0.39 is 0 Å². The average Bonchev–Trinajstić information content (AvgIpc) is 3.27. The van der Waals surface area contributed by atoms with Gasteiger partial charge in [0, 0.05) is 17.8 Å². The molecule has 6 heteroatoms. The second-order valence-electron chi connectivity index (χ2n) is 5.07. The minimum Gasteiger partial charge on any atom is -0.381 e. The molecule has 1 fully saturated rings. The van der Waals surface area contributed by atoms with Gasteiger partial charge in [-0.3, -0.25) is 9.59 Å². The predicted molar refractivity (Wildman–Crippen MR) is 80.2 cm³/mol. The number of rotatable bonds is 5. The Bertz CT molecular complexity index is 692. The van der Waals surface area contributed by atoms with E-state index in [-0.39, 0.29) is 18.0 Å². The molecule has 21 heavy (non-hydrogen) atoms. The quantitative estimate of drug-likeness (QED) is 0.871. The predicted octanol–water partition coefficient (Wildman–Crippen LogP) is 1.46. The third kappa shape index (κ3) is 3.68. The summed E-state index contributed by atoms with van der Waals surface area (Å²) in [6.07, 6.45) is 3.83. The van der Waals surface area contributed by atoms with Gasteiger partial charge in [-0.1, -0.05) is 18.2 Å². The number of benzene rings is 1. The van der Waals surface area contributed by atoms with Crippen LogP contribution in [0.2, 0.25) is 0 Å². The number of nitrogens with one attached hydrogen (secondary N) is 2. The van der Waals surface area contributed by atoms with Crippen LogP contribution in [-0.4, -0.2) is 21.7 Å². The lowest BCUT2D eigenvalue weighted by atomic mass is 10.3. The molecule has 0 saturated heterocycles. The number of carbonyl (C=O) groups is 1. The molecule has 6 nitrogen and oxygen atoms in total. The van der Waals surface area contributed by atoms with E-state index >= 15 is 0 Å². The van der Waals surface area contributed by atoms with Gasteiger partial charge in [0.25, 0.3) is 5.56 Å². The molecule has 3 rings (SSSR count). The van der Waals surface area contributed by atoms with Gasteiger partial charge < -0.3 is 10.6 Å². The van der Waals surface area contributed by atoms with Crippen molar-refractivity contribution in [3.8, 4) is 0 Å². The van der Waals surface area contributed by atoms with Crippen molar-refractivity contribution in [3.05, 3.63) is 52.9 Å². The van der Waals surface area contributed by atoms with Gasteiger partial charge in [0.1, 0.15) is 6.54 Å². The molecule has 2 aromatic rings. The maximum absolute atomic E-state index is 11.9. The minimum absolute atomic E-state index is 0.0998. The topological polar surface area (TPSA) is 76.0 Å². The largest absolute Gasteiger partial charge is 0.381 e. The molecule has 0 spiro atoms. The number of aromatic nitrogens is 2. The summed E-state index contributed by atoms with van der Waals surface area (Å²) in [6, 6.07) is 11.0. The summed E-state index contributed by atoms with van der Waals surface area (Å²) in [7, 11) is 0. The second-order valence-corrected chi connectivity index (χ2v) is 5.07. The van der Waals surface area contributed by atoms with Crippen molar-refractivity contribution in [2.24, 2.45) is 0 Å². The lowest BCUT2D eigenvalue weighted by molar-refractivity contribution is -0.117. The zero-order valence-corrected chi connectivity index (χ0v) is 11.5. The van der Waals surface area contributed by atoms with Crippen LogP contribution in [0.3, 0.4) is 0 Å². The summed E-state index contributed by atoms with van der Waals surface area (Å²) >= 11 is 0. The van der Waals surface area contributed by atoms with Gasteiger partial charge in [0.15, 0.2) is 0 Å². The molecular weight excluding hydrogens is 268 g/mol. The van der Waals surface area contributed by atoms with Crippen LogP contribution < -0.4 is 16.2 Å². The second kappa shape index (κ2) is 5.78. The Morgan fingerprint density at radius 2 is 2.00 bits per heavy atom. The van der Waals surface area contributed by atoms with E-state index in [1.165, 1.54) is 6.07 Å². The van der Waals surface area contributed by atoms with Crippen molar-refractivity contribution >= 4 is 17.3 Å². The first-order valence-corrected chi connectivity index (χ1v) is 6.89. The van der Waals surface area contributed by atoms with E-state index in [0.29, 0.717) is 17.4 Å². The van der Waals surface area contributed by atoms with Gasteiger partial charge in [-0.15, -0.1) is 0 Å². The molecule has 1 heterocycles. The molecule has 0 bridgehead atoms. The third-order valence-electron chi connectivity index (χ3n) is 3.17. The Hall–Kier alpha value is -2.63. The number of amides is 1. The van der Waals surface area contributed by atoms with Gasteiger partial charge in [-0.2, -0.15) is 5.10 Å². The monoisotopic (exact) mass is 284 g/mol. The van der Waals surface area contributed by atoms with Crippen molar-refractivity contribution in [2.75, 3.05) is 10.6 Å². The minimum atomic E-state index is -0.288. The molecule has 2 N–H and O–H groups in total. The summed E-state index contributed by atoms with van der Waals surface area (Å²) in [6.45, 7) is -0.0998. The molecule has 1 aromatic heterocycles. The summed E-state index contributed by atoms with van der Waals surface area (Å²) in [5, 5.41) is 9.94. The normalized spacial score (nSPS) is 13.7. The number of para-hydroxylation sites is 1. The molecule has 108 valence electrons. The highest BCUT2D eigenvalue weighted by atomic mass is 16.2. The molecular formula is C15H16N4O2. The first-order chi connectivity index (χ1) is 10.2. The van der Waals surface area contributed by atoms with Crippen LogP contribution in [0.25, 0.3) is 0 Å². The highest BCUT2D eigenvalue weighted by Crippen LogP contribution is 2.23. The lowest BCUT2D eigenvalue weighted by Gasteiger charge is -2.08. The van der Waals surface area contributed by atoms with Crippen LogP contribution in [0.4, 0.5) is 11.4 Å². The number of carbonyl (C=O) groups excluding carboxylic acids is 1. The number of hydrogen-bond donors (Lipinski definition) is 2. The van der Waals surface area contributed by atoms with Crippen LogP contribution in [0.5, 0.6) is 0 Å². The van der Waals surface area contributed by atoms with Crippen LogP contribution >= 0.6 is 0 Å². The Labute approximate surface area is 121 Å². The van der Waals surface area contributed by atoms with Gasteiger partial charge in [-0.25, -0.2) is 4.68 Å². The van der Waals surface area contributed by atoms with Gasteiger partial charge in [-0.05, 0) is 25.0 Å². The SMILES string of the molecule is O=C(Cn1ncc(NC2CC2)cc1=O)Nc1ccccc1. The van der Waals surface area contributed by atoms with Crippen molar-refractivity contribution < 1.29 is 4.79 Å². The zero-order valence-electron chi connectivity index (χ0n) is 11.5. The maximum atomic E-state index is 11.9. The van der Waals surface area contributed by atoms with E-state index in [1.54, 1.807) is 18.3 Å². The molecule has 0 atom stereocenters. The Balaban J connectivity index is 1.64.